The van der Waals surface area contributed by atoms with E-state index in [0.717, 1.165) is 25.1 Å². The molecule has 0 saturated carbocycles. The summed E-state index contributed by atoms with van der Waals surface area (Å²) in [6.45, 7) is 5.63. The number of halogens is 1. The van der Waals surface area contributed by atoms with Crippen molar-refractivity contribution in [1.29, 1.82) is 0 Å². The molecular formula is C14H18FN3O. The number of hydrogen-bond acceptors (Lipinski definition) is 4. The van der Waals surface area contributed by atoms with E-state index in [4.69, 9.17) is 4.42 Å². The molecule has 1 heterocycles. The summed E-state index contributed by atoms with van der Waals surface area (Å²) in [4.78, 5) is 0. The van der Waals surface area contributed by atoms with Crippen LogP contribution in [-0.2, 0) is 6.42 Å². The van der Waals surface area contributed by atoms with E-state index in [2.05, 4.69) is 22.4 Å². The lowest BCUT2D eigenvalue weighted by molar-refractivity contribution is 0.494. The summed E-state index contributed by atoms with van der Waals surface area (Å²) in [5.74, 6) is 0.807. The van der Waals surface area contributed by atoms with Gasteiger partial charge in [0.05, 0.1) is 0 Å². The first kappa shape index (κ1) is 13.7. The molecule has 0 aliphatic carbocycles. The topological polar surface area (TPSA) is 51.0 Å². The van der Waals surface area contributed by atoms with Crippen LogP contribution in [0.5, 0.6) is 0 Å². The van der Waals surface area contributed by atoms with Gasteiger partial charge in [0.25, 0.3) is 0 Å². The second kappa shape index (κ2) is 6.43. The molecule has 19 heavy (non-hydrogen) atoms. The first-order chi connectivity index (χ1) is 9.20. The molecule has 0 bridgehead atoms. The largest absolute Gasteiger partial charge is 0.421 e. The maximum Gasteiger partial charge on any atom is 0.247 e. The predicted octanol–water partition coefficient (Wildman–Crippen LogP) is 2.73. The Bertz CT molecular complexity index is 539. The summed E-state index contributed by atoms with van der Waals surface area (Å²) >= 11 is 0. The number of nitrogens with zero attached hydrogens (tertiary/aromatic N) is 2. The highest BCUT2D eigenvalue weighted by atomic mass is 19.1. The fourth-order valence-electron chi connectivity index (χ4n) is 1.75. The third-order valence-corrected chi connectivity index (χ3v) is 2.81. The highest BCUT2D eigenvalue weighted by Crippen LogP contribution is 2.20. The van der Waals surface area contributed by atoms with Gasteiger partial charge in [-0.15, -0.1) is 10.2 Å². The van der Waals surface area contributed by atoms with Crippen LogP contribution < -0.4 is 5.32 Å². The number of hydrogen-bond donors (Lipinski definition) is 1. The Balaban J connectivity index is 2.01. The van der Waals surface area contributed by atoms with Crippen molar-refractivity contribution in [2.75, 3.05) is 13.1 Å². The lowest BCUT2D eigenvalue weighted by Crippen LogP contribution is -2.17. The Labute approximate surface area is 112 Å². The zero-order chi connectivity index (χ0) is 13.7. The van der Waals surface area contributed by atoms with Crippen LogP contribution in [-0.4, -0.2) is 23.3 Å². The molecule has 0 unspecified atom stereocenters. The summed E-state index contributed by atoms with van der Waals surface area (Å²) in [6, 6.07) is 4.77. The molecule has 4 nitrogen and oxygen atoms in total. The molecule has 5 heteroatoms. The molecular weight excluding hydrogens is 245 g/mol. The van der Waals surface area contributed by atoms with Gasteiger partial charge in [0.15, 0.2) is 0 Å². The van der Waals surface area contributed by atoms with Gasteiger partial charge in [-0.1, -0.05) is 6.92 Å². The van der Waals surface area contributed by atoms with Crippen molar-refractivity contribution in [3.63, 3.8) is 0 Å². The second-order valence-corrected chi connectivity index (χ2v) is 4.46. The lowest BCUT2D eigenvalue weighted by atomic mass is 10.1. The van der Waals surface area contributed by atoms with E-state index >= 15 is 0 Å². The molecule has 0 radical (unpaired) electrons. The average Bonchev–Trinajstić information content (AvgIpc) is 2.87. The van der Waals surface area contributed by atoms with Crippen molar-refractivity contribution < 1.29 is 8.81 Å². The van der Waals surface area contributed by atoms with Crippen LogP contribution in [0.2, 0.25) is 0 Å². The van der Waals surface area contributed by atoms with Crippen LogP contribution in [0.1, 0.15) is 24.8 Å². The van der Waals surface area contributed by atoms with Gasteiger partial charge >= 0.3 is 0 Å². The van der Waals surface area contributed by atoms with Crippen LogP contribution in [0.25, 0.3) is 11.5 Å². The van der Waals surface area contributed by atoms with Crippen molar-refractivity contribution in [3.8, 4) is 11.5 Å². The Morgan fingerprint density at radius 2 is 2.11 bits per heavy atom. The van der Waals surface area contributed by atoms with Crippen LogP contribution in [0.15, 0.2) is 22.6 Å². The Morgan fingerprint density at radius 1 is 1.26 bits per heavy atom. The molecule has 0 saturated heterocycles. The minimum Gasteiger partial charge on any atom is -0.421 e. The number of nitrogens with one attached hydrogen (secondary N) is 1. The van der Waals surface area contributed by atoms with Gasteiger partial charge in [0.2, 0.25) is 11.8 Å². The smallest absolute Gasteiger partial charge is 0.247 e. The summed E-state index contributed by atoms with van der Waals surface area (Å²) in [7, 11) is 0. The Kier molecular flexibility index (Phi) is 4.63. The SMILES string of the molecule is CCCNCCc1nnc(-c2ccc(F)c(C)c2)o1. The number of benzene rings is 1. The quantitative estimate of drug-likeness (QED) is 0.814. The Morgan fingerprint density at radius 3 is 2.84 bits per heavy atom. The molecule has 0 aliphatic rings. The van der Waals surface area contributed by atoms with E-state index in [0.29, 0.717) is 23.8 Å². The molecule has 0 amide bonds. The van der Waals surface area contributed by atoms with Gasteiger partial charge in [-0.25, -0.2) is 4.39 Å². The van der Waals surface area contributed by atoms with E-state index in [9.17, 15) is 4.39 Å². The normalized spacial score (nSPS) is 10.9. The first-order valence-corrected chi connectivity index (χ1v) is 6.50. The van der Waals surface area contributed by atoms with Gasteiger partial charge in [0.1, 0.15) is 5.82 Å². The molecule has 1 N–H and O–H groups in total. The molecule has 0 aliphatic heterocycles. The van der Waals surface area contributed by atoms with E-state index in [-0.39, 0.29) is 5.82 Å². The van der Waals surface area contributed by atoms with Crippen LogP contribution in [0, 0.1) is 12.7 Å². The standard InChI is InChI=1S/C14H18FN3O/c1-3-7-16-8-6-13-17-18-14(19-13)11-4-5-12(15)10(2)9-11/h4-5,9,16H,3,6-8H2,1-2H3. The van der Waals surface area contributed by atoms with Gasteiger partial charge in [-0.3, -0.25) is 0 Å². The number of rotatable bonds is 6. The molecule has 0 spiro atoms. The fourth-order valence-corrected chi connectivity index (χ4v) is 1.75. The Hall–Kier alpha value is -1.75. The van der Waals surface area contributed by atoms with Crippen molar-refractivity contribution in [2.24, 2.45) is 0 Å². The van der Waals surface area contributed by atoms with Crippen molar-refractivity contribution >= 4 is 0 Å². The van der Waals surface area contributed by atoms with E-state index in [1.807, 2.05) is 0 Å². The third kappa shape index (κ3) is 3.61. The second-order valence-electron chi connectivity index (χ2n) is 4.46. The number of aromatic nitrogens is 2. The summed E-state index contributed by atoms with van der Waals surface area (Å²) < 4.78 is 18.7. The third-order valence-electron chi connectivity index (χ3n) is 2.81. The van der Waals surface area contributed by atoms with Crippen LogP contribution >= 0.6 is 0 Å². The number of aryl methyl sites for hydroxylation is 1. The van der Waals surface area contributed by atoms with Crippen molar-refractivity contribution in [3.05, 3.63) is 35.5 Å². The highest BCUT2D eigenvalue weighted by molar-refractivity contribution is 5.53. The minimum atomic E-state index is -0.229. The highest BCUT2D eigenvalue weighted by Gasteiger charge is 2.09. The summed E-state index contributed by atoms with van der Waals surface area (Å²) in [6.07, 6.45) is 1.80. The first-order valence-electron chi connectivity index (χ1n) is 6.50. The predicted molar refractivity (Wildman–Crippen MR) is 71.3 cm³/mol. The lowest BCUT2D eigenvalue weighted by Gasteiger charge is -1.99. The zero-order valence-corrected chi connectivity index (χ0v) is 11.2. The molecule has 1 aromatic heterocycles. The summed E-state index contributed by atoms with van der Waals surface area (Å²) in [5, 5.41) is 11.3. The van der Waals surface area contributed by atoms with Crippen molar-refractivity contribution in [2.45, 2.75) is 26.7 Å². The van der Waals surface area contributed by atoms with E-state index in [1.165, 1.54) is 6.07 Å². The monoisotopic (exact) mass is 263 g/mol. The zero-order valence-electron chi connectivity index (χ0n) is 11.2. The minimum absolute atomic E-state index is 0.229. The van der Waals surface area contributed by atoms with Gasteiger partial charge in [-0.2, -0.15) is 0 Å². The summed E-state index contributed by atoms with van der Waals surface area (Å²) in [5.41, 5.74) is 1.32. The maximum atomic E-state index is 13.2. The molecule has 0 atom stereocenters. The molecule has 0 fully saturated rings. The molecule has 102 valence electrons. The van der Waals surface area contributed by atoms with Crippen molar-refractivity contribution in [1.82, 2.24) is 15.5 Å². The fraction of sp³-hybridized carbons (Fsp3) is 0.429. The van der Waals surface area contributed by atoms with E-state index < -0.39 is 0 Å². The van der Waals surface area contributed by atoms with E-state index in [1.54, 1.807) is 19.1 Å². The van der Waals surface area contributed by atoms with Gasteiger partial charge in [-0.05, 0) is 43.7 Å². The van der Waals surface area contributed by atoms with Gasteiger partial charge < -0.3 is 9.73 Å². The molecule has 2 rings (SSSR count). The maximum absolute atomic E-state index is 13.2. The molecule has 1 aromatic carbocycles. The van der Waals surface area contributed by atoms with Crippen LogP contribution in [0.4, 0.5) is 4.39 Å². The van der Waals surface area contributed by atoms with Crippen LogP contribution in [0.3, 0.4) is 0 Å². The molecule has 2 aromatic rings. The average molecular weight is 263 g/mol. The van der Waals surface area contributed by atoms with Gasteiger partial charge in [0, 0.05) is 18.5 Å².